The van der Waals surface area contributed by atoms with Crippen molar-refractivity contribution in [2.45, 2.75) is 39.7 Å². The van der Waals surface area contributed by atoms with Crippen molar-refractivity contribution in [1.29, 1.82) is 0 Å². The highest BCUT2D eigenvalue weighted by Crippen LogP contribution is 2.36. The van der Waals surface area contributed by atoms with E-state index in [0.29, 0.717) is 5.92 Å². The maximum absolute atomic E-state index is 11.3. The number of carbonyl (C=O) groups excluding carboxylic acids is 1. The van der Waals surface area contributed by atoms with Gasteiger partial charge in [-0.2, -0.15) is 0 Å². The Bertz CT molecular complexity index is 208. The zero-order chi connectivity index (χ0) is 10.8. The Balaban J connectivity index is 2.04. The van der Waals surface area contributed by atoms with Crippen LogP contribution in [-0.2, 0) is 9.53 Å². The van der Waals surface area contributed by atoms with Crippen LogP contribution in [0.3, 0.4) is 0 Å². The van der Waals surface area contributed by atoms with Crippen LogP contribution >= 0.6 is 0 Å². The van der Waals surface area contributed by atoms with Crippen molar-refractivity contribution < 1.29 is 9.53 Å². The van der Waals surface area contributed by atoms with Crippen LogP contribution in [0.25, 0.3) is 0 Å². The Morgan fingerprint density at radius 3 is 2.50 bits per heavy atom. The number of hydrogen-bond donors (Lipinski definition) is 1. The SMILES string of the molecule is CC1CC1CNC(=O)COC(C)(C)C. The summed E-state index contributed by atoms with van der Waals surface area (Å²) in [6.07, 6.45) is 1.25. The molecule has 3 nitrogen and oxygen atoms in total. The summed E-state index contributed by atoms with van der Waals surface area (Å²) in [4.78, 5) is 11.3. The van der Waals surface area contributed by atoms with E-state index in [1.54, 1.807) is 0 Å². The largest absolute Gasteiger partial charge is 0.366 e. The van der Waals surface area contributed by atoms with Crippen LogP contribution in [0.4, 0.5) is 0 Å². The Hall–Kier alpha value is -0.570. The Labute approximate surface area is 86.2 Å². The number of ether oxygens (including phenoxy) is 1. The standard InChI is InChI=1S/C11H21NO2/c1-8-5-9(8)6-12-10(13)7-14-11(2,3)4/h8-9H,5-7H2,1-4H3,(H,12,13). The molecule has 1 aliphatic carbocycles. The van der Waals surface area contributed by atoms with Gasteiger partial charge in [-0.15, -0.1) is 0 Å². The summed E-state index contributed by atoms with van der Waals surface area (Å²) in [6.45, 7) is 9.04. The van der Waals surface area contributed by atoms with Crippen molar-refractivity contribution in [2.75, 3.05) is 13.2 Å². The van der Waals surface area contributed by atoms with E-state index in [2.05, 4.69) is 12.2 Å². The predicted octanol–water partition coefficient (Wildman–Crippen LogP) is 1.57. The van der Waals surface area contributed by atoms with Crippen LogP contribution in [0.5, 0.6) is 0 Å². The number of rotatable bonds is 4. The first-order chi connectivity index (χ1) is 6.38. The molecule has 1 rings (SSSR count). The zero-order valence-corrected chi connectivity index (χ0v) is 9.59. The third-order valence-electron chi connectivity index (χ3n) is 2.47. The molecule has 0 spiro atoms. The van der Waals surface area contributed by atoms with E-state index in [-0.39, 0.29) is 18.1 Å². The highest BCUT2D eigenvalue weighted by molar-refractivity contribution is 5.77. The van der Waals surface area contributed by atoms with E-state index < -0.39 is 0 Å². The van der Waals surface area contributed by atoms with E-state index in [4.69, 9.17) is 4.74 Å². The third-order valence-corrected chi connectivity index (χ3v) is 2.47. The molecule has 14 heavy (non-hydrogen) atoms. The van der Waals surface area contributed by atoms with Gasteiger partial charge in [0.05, 0.1) is 5.60 Å². The molecule has 0 aromatic rings. The van der Waals surface area contributed by atoms with Gasteiger partial charge in [-0.05, 0) is 39.0 Å². The highest BCUT2D eigenvalue weighted by atomic mass is 16.5. The van der Waals surface area contributed by atoms with Crippen molar-refractivity contribution in [2.24, 2.45) is 11.8 Å². The summed E-state index contributed by atoms with van der Waals surface area (Å²) in [5, 5.41) is 2.88. The lowest BCUT2D eigenvalue weighted by Gasteiger charge is -2.18. The quantitative estimate of drug-likeness (QED) is 0.746. The van der Waals surface area contributed by atoms with E-state index in [9.17, 15) is 4.79 Å². The second kappa shape index (κ2) is 4.30. The minimum Gasteiger partial charge on any atom is -0.366 e. The van der Waals surface area contributed by atoms with Gasteiger partial charge in [-0.3, -0.25) is 4.79 Å². The normalized spacial score (nSPS) is 26.0. The molecule has 0 aromatic carbocycles. The lowest BCUT2D eigenvalue weighted by atomic mass is 10.2. The smallest absolute Gasteiger partial charge is 0.246 e. The lowest BCUT2D eigenvalue weighted by molar-refractivity contribution is -0.130. The van der Waals surface area contributed by atoms with E-state index >= 15 is 0 Å². The first-order valence-corrected chi connectivity index (χ1v) is 5.29. The van der Waals surface area contributed by atoms with Crippen molar-refractivity contribution in [1.82, 2.24) is 5.32 Å². The minimum absolute atomic E-state index is 0.000903. The van der Waals surface area contributed by atoms with Crippen LogP contribution in [0.2, 0.25) is 0 Å². The Morgan fingerprint density at radius 2 is 2.07 bits per heavy atom. The molecule has 1 amide bonds. The molecule has 1 aliphatic rings. The van der Waals surface area contributed by atoms with Crippen LogP contribution in [0.1, 0.15) is 34.1 Å². The number of carbonyl (C=O) groups is 1. The third kappa shape index (κ3) is 4.61. The van der Waals surface area contributed by atoms with E-state index in [1.807, 2.05) is 20.8 Å². The van der Waals surface area contributed by atoms with Crippen LogP contribution in [0, 0.1) is 11.8 Å². The molecule has 1 N–H and O–H groups in total. The maximum Gasteiger partial charge on any atom is 0.246 e. The van der Waals surface area contributed by atoms with Gasteiger partial charge in [0, 0.05) is 6.54 Å². The molecule has 0 saturated heterocycles. The van der Waals surface area contributed by atoms with Gasteiger partial charge < -0.3 is 10.1 Å². The van der Waals surface area contributed by atoms with Gasteiger partial charge >= 0.3 is 0 Å². The molecule has 0 heterocycles. The van der Waals surface area contributed by atoms with E-state index in [1.165, 1.54) is 6.42 Å². The molecule has 82 valence electrons. The van der Waals surface area contributed by atoms with Crippen molar-refractivity contribution >= 4 is 5.91 Å². The highest BCUT2D eigenvalue weighted by Gasteiger charge is 2.32. The molecule has 0 aliphatic heterocycles. The van der Waals surface area contributed by atoms with Crippen molar-refractivity contribution in [3.8, 4) is 0 Å². The van der Waals surface area contributed by atoms with Gasteiger partial charge in [0.1, 0.15) is 6.61 Å². The molecule has 0 aromatic heterocycles. The molecule has 1 saturated carbocycles. The van der Waals surface area contributed by atoms with Gasteiger partial charge in [-0.25, -0.2) is 0 Å². The Morgan fingerprint density at radius 1 is 1.50 bits per heavy atom. The molecular weight excluding hydrogens is 178 g/mol. The summed E-state index contributed by atoms with van der Waals surface area (Å²) in [6, 6.07) is 0. The summed E-state index contributed by atoms with van der Waals surface area (Å²) >= 11 is 0. The monoisotopic (exact) mass is 199 g/mol. The molecule has 2 unspecified atom stereocenters. The number of nitrogens with one attached hydrogen (secondary N) is 1. The van der Waals surface area contributed by atoms with Crippen molar-refractivity contribution in [3.63, 3.8) is 0 Å². The van der Waals surface area contributed by atoms with Crippen LogP contribution in [-0.4, -0.2) is 24.7 Å². The summed E-state index contributed by atoms with van der Waals surface area (Å²) in [5.41, 5.74) is -0.232. The van der Waals surface area contributed by atoms with Crippen molar-refractivity contribution in [3.05, 3.63) is 0 Å². The maximum atomic E-state index is 11.3. The summed E-state index contributed by atoms with van der Waals surface area (Å²) < 4.78 is 5.36. The van der Waals surface area contributed by atoms with Gasteiger partial charge in [0.15, 0.2) is 0 Å². The predicted molar refractivity (Wildman–Crippen MR) is 56.0 cm³/mol. The first-order valence-electron chi connectivity index (χ1n) is 5.29. The lowest BCUT2D eigenvalue weighted by Crippen LogP contribution is -2.33. The molecule has 0 bridgehead atoms. The molecular formula is C11H21NO2. The Kier molecular flexibility index (Phi) is 3.53. The molecule has 2 atom stereocenters. The second-order valence-corrected chi connectivity index (χ2v) is 5.18. The topological polar surface area (TPSA) is 38.3 Å². The molecule has 3 heteroatoms. The minimum atomic E-state index is -0.232. The fourth-order valence-electron chi connectivity index (χ4n) is 1.26. The molecule has 0 radical (unpaired) electrons. The fraction of sp³-hybridized carbons (Fsp3) is 0.909. The molecule has 1 fully saturated rings. The summed E-state index contributed by atoms with van der Waals surface area (Å²) in [5.74, 6) is 1.49. The van der Waals surface area contributed by atoms with Gasteiger partial charge in [0.2, 0.25) is 5.91 Å². The average Bonchev–Trinajstić information content (AvgIpc) is 2.73. The van der Waals surface area contributed by atoms with Gasteiger partial charge in [0.25, 0.3) is 0 Å². The zero-order valence-electron chi connectivity index (χ0n) is 9.59. The second-order valence-electron chi connectivity index (χ2n) is 5.18. The first kappa shape index (κ1) is 11.5. The number of amides is 1. The van der Waals surface area contributed by atoms with E-state index in [0.717, 1.165) is 12.5 Å². The average molecular weight is 199 g/mol. The van der Waals surface area contributed by atoms with Crippen LogP contribution in [0.15, 0.2) is 0 Å². The fourth-order valence-corrected chi connectivity index (χ4v) is 1.26. The van der Waals surface area contributed by atoms with Crippen LogP contribution < -0.4 is 5.32 Å². The number of hydrogen-bond acceptors (Lipinski definition) is 2. The summed E-state index contributed by atoms with van der Waals surface area (Å²) in [7, 11) is 0. The van der Waals surface area contributed by atoms with Gasteiger partial charge in [-0.1, -0.05) is 6.92 Å².